The molecule has 1 unspecified atom stereocenters. The lowest BCUT2D eigenvalue weighted by atomic mass is 9.88. The first-order chi connectivity index (χ1) is 10.0. The summed E-state index contributed by atoms with van der Waals surface area (Å²) >= 11 is 1.48. The van der Waals surface area contributed by atoms with Gasteiger partial charge in [-0.05, 0) is 35.8 Å². The maximum absolute atomic E-state index is 5.59. The van der Waals surface area contributed by atoms with Gasteiger partial charge in [-0.25, -0.2) is 0 Å². The summed E-state index contributed by atoms with van der Waals surface area (Å²) in [6.07, 6.45) is 0.993. The second-order valence-corrected chi connectivity index (χ2v) is 7.21. The predicted molar refractivity (Wildman–Crippen MR) is 85.2 cm³/mol. The van der Waals surface area contributed by atoms with Crippen LogP contribution in [0.5, 0.6) is 5.75 Å². The summed E-state index contributed by atoms with van der Waals surface area (Å²) < 4.78 is 9.78. The maximum atomic E-state index is 5.59. The fourth-order valence-corrected chi connectivity index (χ4v) is 3.75. The largest absolute Gasteiger partial charge is 0.493 e. The molecule has 2 heterocycles. The number of aromatic nitrogens is 2. The molecule has 1 aromatic heterocycles. The van der Waals surface area contributed by atoms with Gasteiger partial charge in [0.25, 0.3) is 0 Å². The number of benzene rings is 1. The van der Waals surface area contributed by atoms with E-state index in [0.717, 1.165) is 24.5 Å². The van der Waals surface area contributed by atoms with Crippen molar-refractivity contribution < 1.29 is 4.74 Å². The van der Waals surface area contributed by atoms with Gasteiger partial charge in [-0.3, -0.25) is 0 Å². The summed E-state index contributed by atoms with van der Waals surface area (Å²) in [5, 5.41) is 7.77. The quantitative estimate of drug-likeness (QED) is 0.946. The van der Waals surface area contributed by atoms with Crippen LogP contribution in [-0.2, 0) is 11.8 Å². The second-order valence-electron chi connectivity index (χ2n) is 6.42. The average Bonchev–Trinajstić information content (AvgIpc) is 3.06. The minimum atomic E-state index is -0.00271. The molecule has 2 aromatic rings. The molecular weight excluding hydrogens is 282 g/mol. The van der Waals surface area contributed by atoms with E-state index in [2.05, 4.69) is 53.9 Å². The highest BCUT2D eigenvalue weighted by atomic mass is 32.1. The molecule has 112 valence electrons. The van der Waals surface area contributed by atoms with Gasteiger partial charge >= 0.3 is 0 Å². The Balaban J connectivity index is 2.01. The monoisotopic (exact) mass is 303 g/mol. The van der Waals surface area contributed by atoms with Crippen LogP contribution in [0.15, 0.2) is 18.2 Å². The summed E-state index contributed by atoms with van der Waals surface area (Å²) in [7, 11) is 1.99. The summed E-state index contributed by atoms with van der Waals surface area (Å²) in [6, 6.07) is 6.59. The van der Waals surface area contributed by atoms with Gasteiger partial charge in [0, 0.05) is 11.8 Å². The minimum Gasteiger partial charge on any atom is -0.493 e. The second kappa shape index (κ2) is 5.39. The third-order valence-corrected chi connectivity index (χ3v) is 4.61. The first-order valence-corrected chi connectivity index (χ1v) is 8.03. The Morgan fingerprint density at radius 3 is 2.86 bits per heavy atom. The molecule has 1 aliphatic rings. The van der Waals surface area contributed by atoms with Gasteiger partial charge in [-0.2, -0.15) is 0 Å². The van der Waals surface area contributed by atoms with Crippen molar-refractivity contribution in [3.05, 3.63) is 39.9 Å². The fraction of sp³-hybridized carbons (Fsp3) is 0.500. The molecule has 0 saturated carbocycles. The van der Waals surface area contributed by atoms with Crippen LogP contribution in [0, 0.1) is 0 Å². The number of hydrogen-bond acceptors (Lipinski definition) is 5. The molecule has 0 fully saturated rings. The van der Waals surface area contributed by atoms with Crippen molar-refractivity contribution in [2.45, 2.75) is 38.6 Å². The van der Waals surface area contributed by atoms with E-state index in [1.165, 1.54) is 27.5 Å². The standard InChI is InChI=1S/C16H21N3OS/c1-16(2,3)15-14(21-19-18-15)13(17-4)11-5-6-12-10(9-11)7-8-20-12/h5-6,9,13,17H,7-8H2,1-4H3. The average molecular weight is 303 g/mol. The summed E-state index contributed by atoms with van der Waals surface area (Å²) in [4.78, 5) is 1.20. The van der Waals surface area contributed by atoms with E-state index in [4.69, 9.17) is 4.74 Å². The van der Waals surface area contributed by atoms with Crippen molar-refractivity contribution in [3.63, 3.8) is 0 Å². The van der Waals surface area contributed by atoms with E-state index in [1.807, 2.05) is 7.05 Å². The number of ether oxygens (including phenoxy) is 1. The Kier molecular flexibility index (Phi) is 3.71. The number of nitrogens with one attached hydrogen (secondary N) is 1. The van der Waals surface area contributed by atoms with E-state index < -0.39 is 0 Å². The highest BCUT2D eigenvalue weighted by Crippen LogP contribution is 2.35. The number of nitrogens with zero attached hydrogens (tertiary/aromatic N) is 2. The molecular formula is C16H21N3OS. The molecule has 1 atom stereocenters. The SMILES string of the molecule is CNC(c1ccc2c(c1)CCO2)c1snnc1C(C)(C)C. The van der Waals surface area contributed by atoms with E-state index in [1.54, 1.807) is 0 Å². The molecule has 0 radical (unpaired) electrons. The van der Waals surface area contributed by atoms with Crippen LogP contribution >= 0.6 is 11.5 Å². The lowest BCUT2D eigenvalue weighted by Crippen LogP contribution is -2.22. The molecule has 3 rings (SSSR count). The third-order valence-electron chi connectivity index (χ3n) is 3.82. The molecule has 0 amide bonds. The van der Waals surface area contributed by atoms with Gasteiger partial charge in [0.05, 0.1) is 23.2 Å². The molecule has 1 aromatic carbocycles. The highest BCUT2D eigenvalue weighted by Gasteiger charge is 2.28. The van der Waals surface area contributed by atoms with Crippen molar-refractivity contribution in [3.8, 4) is 5.75 Å². The number of hydrogen-bond donors (Lipinski definition) is 1. The van der Waals surface area contributed by atoms with Crippen molar-refractivity contribution in [2.24, 2.45) is 0 Å². The van der Waals surface area contributed by atoms with Gasteiger partial charge in [0.1, 0.15) is 5.75 Å². The van der Waals surface area contributed by atoms with Crippen LogP contribution in [0.3, 0.4) is 0 Å². The molecule has 4 nitrogen and oxygen atoms in total. The third kappa shape index (κ3) is 2.68. The molecule has 5 heteroatoms. The molecule has 0 saturated heterocycles. The molecule has 0 bridgehead atoms. The Morgan fingerprint density at radius 2 is 2.14 bits per heavy atom. The van der Waals surface area contributed by atoms with Gasteiger partial charge < -0.3 is 10.1 Å². The van der Waals surface area contributed by atoms with Crippen LogP contribution in [0.1, 0.15) is 48.5 Å². The molecule has 1 N–H and O–H groups in total. The van der Waals surface area contributed by atoms with E-state index >= 15 is 0 Å². The van der Waals surface area contributed by atoms with Crippen LogP contribution in [0.4, 0.5) is 0 Å². The zero-order valence-corrected chi connectivity index (χ0v) is 13.8. The van der Waals surface area contributed by atoms with Crippen LogP contribution in [0.2, 0.25) is 0 Å². The van der Waals surface area contributed by atoms with Crippen molar-refractivity contribution >= 4 is 11.5 Å². The lowest BCUT2D eigenvalue weighted by Gasteiger charge is -2.22. The zero-order valence-electron chi connectivity index (χ0n) is 12.9. The molecule has 0 spiro atoms. The van der Waals surface area contributed by atoms with Gasteiger partial charge in [-0.15, -0.1) is 5.10 Å². The zero-order chi connectivity index (χ0) is 15.0. The van der Waals surface area contributed by atoms with Crippen LogP contribution in [0.25, 0.3) is 0 Å². The summed E-state index contributed by atoms with van der Waals surface area (Å²) in [5.41, 5.74) is 3.61. The number of rotatable bonds is 3. The fourth-order valence-electron chi connectivity index (χ4n) is 2.74. The molecule has 21 heavy (non-hydrogen) atoms. The highest BCUT2D eigenvalue weighted by molar-refractivity contribution is 7.05. The van der Waals surface area contributed by atoms with Crippen molar-refractivity contribution in [1.29, 1.82) is 0 Å². The lowest BCUT2D eigenvalue weighted by molar-refractivity contribution is 0.357. The van der Waals surface area contributed by atoms with E-state index in [-0.39, 0.29) is 11.5 Å². The minimum absolute atomic E-state index is 0.00271. The topological polar surface area (TPSA) is 47.0 Å². The van der Waals surface area contributed by atoms with Crippen molar-refractivity contribution in [2.75, 3.05) is 13.7 Å². The normalized spacial score (nSPS) is 15.6. The first kappa shape index (κ1) is 14.5. The summed E-state index contributed by atoms with van der Waals surface area (Å²) in [5.74, 6) is 1.02. The van der Waals surface area contributed by atoms with Crippen molar-refractivity contribution in [1.82, 2.24) is 14.9 Å². The van der Waals surface area contributed by atoms with Gasteiger partial charge in [-0.1, -0.05) is 37.4 Å². The smallest absolute Gasteiger partial charge is 0.122 e. The predicted octanol–water partition coefficient (Wildman–Crippen LogP) is 3.08. The van der Waals surface area contributed by atoms with Crippen LogP contribution < -0.4 is 10.1 Å². The van der Waals surface area contributed by atoms with Crippen LogP contribution in [-0.4, -0.2) is 23.2 Å². The maximum Gasteiger partial charge on any atom is 0.122 e. The summed E-state index contributed by atoms with van der Waals surface area (Å²) in [6.45, 7) is 7.32. The van der Waals surface area contributed by atoms with Gasteiger partial charge in [0.2, 0.25) is 0 Å². The van der Waals surface area contributed by atoms with E-state index in [0.29, 0.717) is 0 Å². The Hall–Kier alpha value is -1.46. The molecule has 1 aliphatic heterocycles. The molecule has 0 aliphatic carbocycles. The van der Waals surface area contributed by atoms with E-state index in [9.17, 15) is 0 Å². The van der Waals surface area contributed by atoms with Gasteiger partial charge in [0.15, 0.2) is 0 Å². The Morgan fingerprint density at radius 1 is 1.33 bits per heavy atom. The Bertz CT molecular complexity index is 645. The first-order valence-electron chi connectivity index (χ1n) is 7.26. The number of fused-ring (bicyclic) bond motifs is 1. The Labute approximate surface area is 129 Å².